The normalized spacial score (nSPS) is 13.8. The highest BCUT2D eigenvalue weighted by Gasteiger charge is 2.32. The maximum atomic E-state index is 13.6. The number of aromatic nitrogens is 1. The number of allylic oxidation sites excluding steroid dienone is 2. The number of ether oxygens (including phenoxy) is 2. The topological polar surface area (TPSA) is 48.4 Å². The Kier molecular flexibility index (Phi) is 6.91. The Morgan fingerprint density at radius 2 is 1.74 bits per heavy atom. The Hall–Kier alpha value is -3.68. The highest BCUT2D eigenvalue weighted by molar-refractivity contribution is 5.97. The van der Waals surface area contributed by atoms with Crippen molar-refractivity contribution >= 4 is 17.1 Å². The average Bonchev–Trinajstić information content (AvgIpc) is 3.32. The predicted octanol–water partition coefficient (Wildman–Crippen LogP) is 7.01. The number of benzene rings is 2. The van der Waals surface area contributed by atoms with Crippen molar-refractivity contribution in [3.8, 4) is 5.75 Å². The van der Waals surface area contributed by atoms with Crippen molar-refractivity contribution < 1.29 is 31.8 Å². The first-order valence-corrected chi connectivity index (χ1v) is 11.0. The molecule has 0 N–H and O–H groups in total. The standard InChI is InChI=1S/C27H23F4NO3/c1-16-23(26(33)34-2)12-18(14-32-16)21-4-3-5-22(21)24-13-19(27(29,30)31)8-11-25(24)35-15-17-6-9-20(28)10-7-17/h6-14H,3-5,15H2,1-2H3. The Morgan fingerprint density at radius 1 is 1.03 bits per heavy atom. The third-order valence-electron chi connectivity index (χ3n) is 6.00. The summed E-state index contributed by atoms with van der Waals surface area (Å²) in [6.07, 6.45) is -0.999. The van der Waals surface area contributed by atoms with Crippen molar-refractivity contribution in [1.82, 2.24) is 4.98 Å². The molecule has 0 spiro atoms. The molecule has 3 aromatic rings. The van der Waals surface area contributed by atoms with E-state index in [1.807, 2.05) is 0 Å². The Labute approximate surface area is 200 Å². The summed E-state index contributed by atoms with van der Waals surface area (Å²) < 4.78 is 64.7. The van der Waals surface area contributed by atoms with E-state index >= 15 is 0 Å². The molecule has 0 fully saturated rings. The van der Waals surface area contributed by atoms with Gasteiger partial charge < -0.3 is 9.47 Å². The van der Waals surface area contributed by atoms with E-state index in [-0.39, 0.29) is 12.4 Å². The van der Waals surface area contributed by atoms with Gasteiger partial charge in [0, 0.05) is 11.8 Å². The lowest BCUT2D eigenvalue weighted by Gasteiger charge is -2.17. The van der Waals surface area contributed by atoms with Crippen LogP contribution in [-0.4, -0.2) is 18.1 Å². The van der Waals surface area contributed by atoms with Gasteiger partial charge in [-0.05, 0) is 84.9 Å². The smallest absolute Gasteiger partial charge is 0.416 e. The van der Waals surface area contributed by atoms with Gasteiger partial charge in [0.25, 0.3) is 0 Å². The van der Waals surface area contributed by atoms with Crippen LogP contribution in [0.15, 0.2) is 54.7 Å². The molecule has 2 aromatic carbocycles. The third-order valence-corrected chi connectivity index (χ3v) is 6.00. The Morgan fingerprint density at radius 3 is 2.43 bits per heavy atom. The number of hydrogen-bond donors (Lipinski definition) is 0. The minimum atomic E-state index is -4.52. The third kappa shape index (κ3) is 5.37. The summed E-state index contributed by atoms with van der Waals surface area (Å²) in [6.45, 7) is 1.76. The highest BCUT2D eigenvalue weighted by Crippen LogP contribution is 2.45. The van der Waals surface area contributed by atoms with Crippen LogP contribution >= 0.6 is 0 Å². The fourth-order valence-electron chi connectivity index (χ4n) is 4.18. The van der Waals surface area contributed by atoms with Gasteiger partial charge in [0.2, 0.25) is 0 Å². The van der Waals surface area contributed by atoms with Gasteiger partial charge >= 0.3 is 12.1 Å². The molecule has 0 aliphatic heterocycles. The van der Waals surface area contributed by atoms with E-state index in [1.165, 1.54) is 25.3 Å². The number of carbonyl (C=O) groups is 1. The predicted molar refractivity (Wildman–Crippen MR) is 123 cm³/mol. The lowest BCUT2D eigenvalue weighted by Crippen LogP contribution is -2.07. The van der Waals surface area contributed by atoms with Crippen LogP contribution in [0.3, 0.4) is 0 Å². The second-order valence-corrected chi connectivity index (χ2v) is 8.28. The van der Waals surface area contributed by atoms with Gasteiger partial charge in [-0.1, -0.05) is 12.1 Å². The van der Waals surface area contributed by atoms with E-state index in [4.69, 9.17) is 9.47 Å². The molecule has 0 radical (unpaired) electrons. The summed E-state index contributed by atoms with van der Waals surface area (Å²) in [7, 11) is 1.28. The molecule has 1 aromatic heterocycles. The first kappa shape index (κ1) is 24.4. The van der Waals surface area contributed by atoms with Gasteiger partial charge in [0.15, 0.2) is 0 Å². The van der Waals surface area contributed by atoms with Gasteiger partial charge in [0.1, 0.15) is 18.2 Å². The minimum Gasteiger partial charge on any atom is -0.488 e. The van der Waals surface area contributed by atoms with E-state index in [0.717, 1.165) is 24.1 Å². The molecular weight excluding hydrogens is 462 g/mol. The molecule has 8 heteroatoms. The first-order valence-electron chi connectivity index (χ1n) is 11.0. The van der Waals surface area contributed by atoms with Crippen molar-refractivity contribution in [2.45, 2.75) is 39.0 Å². The number of rotatable bonds is 6. The van der Waals surface area contributed by atoms with E-state index in [1.54, 1.807) is 31.3 Å². The van der Waals surface area contributed by atoms with Crippen molar-refractivity contribution in [3.63, 3.8) is 0 Å². The summed E-state index contributed by atoms with van der Waals surface area (Å²) in [6, 6.07) is 10.8. The van der Waals surface area contributed by atoms with Crippen LogP contribution < -0.4 is 4.74 Å². The van der Waals surface area contributed by atoms with Crippen molar-refractivity contribution in [1.29, 1.82) is 0 Å². The molecule has 4 nitrogen and oxygen atoms in total. The van der Waals surface area contributed by atoms with Crippen LogP contribution in [0.1, 0.15) is 57.6 Å². The number of pyridine rings is 1. The van der Waals surface area contributed by atoms with Crippen LogP contribution in [-0.2, 0) is 17.5 Å². The summed E-state index contributed by atoms with van der Waals surface area (Å²) in [5.74, 6) is -0.618. The fraction of sp³-hybridized carbons (Fsp3) is 0.259. The van der Waals surface area contributed by atoms with Crippen molar-refractivity contribution in [2.75, 3.05) is 7.11 Å². The van der Waals surface area contributed by atoms with Gasteiger partial charge in [0.05, 0.1) is 23.9 Å². The molecule has 0 unspecified atom stereocenters. The zero-order valence-electron chi connectivity index (χ0n) is 19.2. The second-order valence-electron chi connectivity index (χ2n) is 8.28. The lowest BCUT2D eigenvalue weighted by molar-refractivity contribution is -0.137. The lowest BCUT2D eigenvalue weighted by atomic mass is 9.94. The quantitative estimate of drug-likeness (QED) is 0.278. The first-order chi connectivity index (χ1) is 16.7. The monoisotopic (exact) mass is 485 g/mol. The number of nitrogens with zero attached hydrogens (tertiary/aromatic N) is 1. The van der Waals surface area contributed by atoms with Crippen LogP contribution in [0.5, 0.6) is 5.75 Å². The number of alkyl halides is 3. The molecule has 1 aliphatic rings. The van der Waals surface area contributed by atoms with Gasteiger partial charge in [-0.15, -0.1) is 0 Å². The van der Waals surface area contributed by atoms with E-state index in [2.05, 4.69) is 4.98 Å². The number of halogens is 4. The molecule has 0 amide bonds. The van der Waals surface area contributed by atoms with E-state index < -0.39 is 17.7 Å². The van der Waals surface area contributed by atoms with Crippen molar-refractivity contribution in [2.24, 2.45) is 0 Å². The van der Waals surface area contributed by atoms with E-state index in [9.17, 15) is 22.4 Å². The highest BCUT2D eigenvalue weighted by atomic mass is 19.4. The molecule has 182 valence electrons. The molecule has 0 atom stereocenters. The van der Waals surface area contributed by atoms with Gasteiger partial charge in [-0.2, -0.15) is 13.2 Å². The number of carbonyl (C=O) groups excluding carboxylic acids is 1. The zero-order chi connectivity index (χ0) is 25.2. The molecule has 0 saturated heterocycles. The average molecular weight is 485 g/mol. The summed E-state index contributed by atoms with van der Waals surface area (Å²) in [5.41, 5.74) is 3.24. The number of esters is 1. The van der Waals surface area contributed by atoms with Crippen LogP contribution in [0.4, 0.5) is 17.6 Å². The SMILES string of the molecule is COC(=O)c1cc(C2=C(c3cc(C(F)(F)F)ccc3OCc3ccc(F)cc3)CCC2)cnc1C. The maximum absolute atomic E-state index is 13.6. The molecule has 1 heterocycles. The summed E-state index contributed by atoms with van der Waals surface area (Å²) >= 11 is 0. The van der Waals surface area contributed by atoms with Crippen LogP contribution in [0.2, 0.25) is 0 Å². The molecule has 0 bridgehead atoms. The Bertz CT molecular complexity index is 1280. The largest absolute Gasteiger partial charge is 0.488 e. The molecule has 35 heavy (non-hydrogen) atoms. The second kappa shape index (κ2) is 9.90. The van der Waals surface area contributed by atoms with Crippen molar-refractivity contribution in [3.05, 3.63) is 94.1 Å². The molecule has 4 rings (SSSR count). The Balaban J connectivity index is 1.79. The van der Waals surface area contributed by atoms with Crippen LogP contribution in [0.25, 0.3) is 11.1 Å². The zero-order valence-corrected chi connectivity index (χ0v) is 19.2. The minimum absolute atomic E-state index is 0.0693. The number of aryl methyl sites for hydroxylation is 1. The van der Waals surface area contributed by atoms with Gasteiger partial charge in [-0.3, -0.25) is 4.98 Å². The molecule has 0 saturated carbocycles. The van der Waals surface area contributed by atoms with E-state index in [0.29, 0.717) is 52.1 Å². The molecule has 1 aliphatic carbocycles. The summed E-state index contributed by atoms with van der Waals surface area (Å²) in [5, 5.41) is 0. The number of methoxy groups -OCH3 is 1. The number of hydrogen-bond acceptors (Lipinski definition) is 4. The summed E-state index contributed by atoms with van der Waals surface area (Å²) in [4.78, 5) is 16.5. The molecular formula is C27H23F4NO3. The van der Waals surface area contributed by atoms with Gasteiger partial charge in [-0.25, -0.2) is 9.18 Å². The maximum Gasteiger partial charge on any atom is 0.416 e. The van der Waals surface area contributed by atoms with Crippen LogP contribution in [0, 0.1) is 12.7 Å². The fourth-order valence-corrected chi connectivity index (χ4v) is 4.18.